The summed E-state index contributed by atoms with van der Waals surface area (Å²) in [4.78, 5) is 19.2. The molecule has 27 heavy (non-hydrogen) atoms. The molecule has 146 valence electrons. The molecule has 1 atom stereocenters. The number of amides is 2. The first kappa shape index (κ1) is 19.3. The van der Waals surface area contributed by atoms with Crippen LogP contribution >= 0.6 is 0 Å². The summed E-state index contributed by atoms with van der Waals surface area (Å²) < 4.78 is 7.26. The van der Waals surface area contributed by atoms with Gasteiger partial charge in [0.2, 0.25) is 0 Å². The molecule has 0 saturated carbocycles. The predicted molar refractivity (Wildman–Crippen MR) is 103 cm³/mol. The number of carbonyl (C=O) groups is 1. The molecule has 3 heterocycles. The first-order valence-corrected chi connectivity index (χ1v) is 9.43. The van der Waals surface area contributed by atoms with E-state index in [1.807, 2.05) is 22.9 Å². The summed E-state index contributed by atoms with van der Waals surface area (Å²) >= 11 is 0. The maximum Gasteiger partial charge on any atom is 0.320 e. The topological polar surface area (TPSA) is 84.3 Å². The number of urea groups is 1. The van der Waals surface area contributed by atoms with E-state index in [1.165, 1.54) is 0 Å². The second-order valence-electron chi connectivity index (χ2n) is 7.05. The zero-order chi connectivity index (χ0) is 19.1. The molecule has 8 nitrogen and oxygen atoms in total. The minimum Gasteiger partial charge on any atom is -0.379 e. The van der Waals surface area contributed by atoms with Gasteiger partial charge in [0, 0.05) is 38.4 Å². The lowest BCUT2D eigenvalue weighted by Gasteiger charge is -2.34. The van der Waals surface area contributed by atoms with Crippen LogP contribution < -0.4 is 10.6 Å². The van der Waals surface area contributed by atoms with Gasteiger partial charge in [-0.1, -0.05) is 19.9 Å². The number of pyridine rings is 1. The molecule has 1 fully saturated rings. The van der Waals surface area contributed by atoms with Gasteiger partial charge in [-0.3, -0.25) is 15.2 Å². The van der Waals surface area contributed by atoms with E-state index in [-0.39, 0.29) is 12.1 Å². The van der Waals surface area contributed by atoms with Crippen molar-refractivity contribution in [3.8, 4) is 0 Å². The summed E-state index contributed by atoms with van der Waals surface area (Å²) in [5, 5.41) is 10.1. The van der Waals surface area contributed by atoms with Gasteiger partial charge in [-0.25, -0.2) is 9.48 Å². The number of nitrogens with zero attached hydrogens (tertiary/aromatic N) is 4. The molecular formula is C19H28N6O2. The van der Waals surface area contributed by atoms with Gasteiger partial charge in [0.25, 0.3) is 0 Å². The average molecular weight is 372 g/mol. The minimum atomic E-state index is -0.241. The number of hydrogen-bond acceptors (Lipinski definition) is 5. The maximum absolute atomic E-state index is 12.4. The van der Waals surface area contributed by atoms with E-state index in [0.717, 1.165) is 25.3 Å². The van der Waals surface area contributed by atoms with E-state index in [2.05, 4.69) is 39.5 Å². The predicted octanol–water partition coefficient (Wildman–Crippen LogP) is 2.13. The van der Waals surface area contributed by atoms with Crippen molar-refractivity contribution >= 4 is 11.8 Å². The van der Waals surface area contributed by atoms with Crippen molar-refractivity contribution in [2.24, 2.45) is 5.92 Å². The number of aromatic nitrogens is 3. The number of anilines is 1. The summed E-state index contributed by atoms with van der Waals surface area (Å²) in [5.74, 6) is 1.14. The van der Waals surface area contributed by atoms with Gasteiger partial charge in [-0.05, 0) is 18.1 Å². The van der Waals surface area contributed by atoms with Crippen LogP contribution in [-0.2, 0) is 11.3 Å². The highest BCUT2D eigenvalue weighted by Crippen LogP contribution is 2.19. The standard InChI is InChI=1S/C19H28N6O2/c1-15(2)14-25-18(6-8-22-25)23-19(26)21-13-17(16-5-3-4-7-20-16)24-9-11-27-12-10-24/h3-8,15,17H,9-14H2,1-2H3,(H2,21,23,26)/t17-/m1/s1. The molecule has 1 saturated heterocycles. The lowest BCUT2D eigenvalue weighted by molar-refractivity contribution is 0.0159. The molecular weight excluding hydrogens is 344 g/mol. The number of rotatable bonds is 7. The SMILES string of the molecule is CC(C)Cn1nccc1NC(=O)NC[C@H](c1ccccn1)N1CCOCC1. The smallest absolute Gasteiger partial charge is 0.320 e. The van der Waals surface area contributed by atoms with Crippen molar-refractivity contribution < 1.29 is 9.53 Å². The van der Waals surface area contributed by atoms with Crippen LogP contribution in [0.25, 0.3) is 0 Å². The van der Waals surface area contributed by atoms with Crippen molar-refractivity contribution in [1.82, 2.24) is 25.0 Å². The summed E-state index contributed by atoms with van der Waals surface area (Å²) in [6.45, 7) is 8.51. The summed E-state index contributed by atoms with van der Waals surface area (Å²) in [6, 6.07) is 7.45. The van der Waals surface area contributed by atoms with Gasteiger partial charge < -0.3 is 10.1 Å². The van der Waals surface area contributed by atoms with Crippen LogP contribution in [0.4, 0.5) is 10.6 Å². The van der Waals surface area contributed by atoms with E-state index in [9.17, 15) is 4.79 Å². The van der Waals surface area contributed by atoms with Crippen LogP contribution in [-0.4, -0.2) is 58.5 Å². The number of carbonyl (C=O) groups excluding carboxylic acids is 1. The quantitative estimate of drug-likeness (QED) is 0.778. The van der Waals surface area contributed by atoms with E-state index >= 15 is 0 Å². The molecule has 0 aliphatic carbocycles. The second-order valence-corrected chi connectivity index (χ2v) is 7.05. The fourth-order valence-electron chi connectivity index (χ4n) is 3.16. The van der Waals surface area contributed by atoms with Crippen LogP contribution in [0.3, 0.4) is 0 Å². The summed E-state index contributed by atoms with van der Waals surface area (Å²) in [6.07, 6.45) is 3.48. The van der Waals surface area contributed by atoms with E-state index in [4.69, 9.17) is 4.74 Å². The normalized spacial score (nSPS) is 16.3. The molecule has 0 radical (unpaired) electrons. The molecule has 2 aromatic rings. The van der Waals surface area contributed by atoms with E-state index in [0.29, 0.717) is 31.5 Å². The van der Waals surface area contributed by atoms with Crippen LogP contribution in [0.2, 0.25) is 0 Å². The molecule has 2 amide bonds. The molecule has 1 aliphatic rings. The first-order valence-electron chi connectivity index (χ1n) is 9.43. The Morgan fingerprint density at radius 3 is 2.74 bits per heavy atom. The van der Waals surface area contributed by atoms with Gasteiger partial charge in [-0.15, -0.1) is 0 Å². The molecule has 3 rings (SSSR count). The van der Waals surface area contributed by atoms with Crippen molar-refractivity contribution in [3.63, 3.8) is 0 Å². The Morgan fingerprint density at radius 2 is 2.04 bits per heavy atom. The zero-order valence-electron chi connectivity index (χ0n) is 16.0. The van der Waals surface area contributed by atoms with Crippen molar-refractivity contribution in [3.05, 3.63) is 42.4 Å². The third kappa shape index (κ3) is 5.51. The Balaban J connectivity index is 1.61. The Morgan fingerprint density at radius 1 is 1.22 bits per heavy atom. The lowest BCUT2D eigenvalue weighted by atomic mass is 10.1. The van der Waals surface area contributed by atoms with Crippen molar-refractivity contribution in [2.45, 2.75) is 26.4 Å². The second kappa shape index (κ2) is 9.48. The monoisotopic (exact) mass is 372 g/mol. The molecule has 0 bridgehead atoms. The van der Waals surface area contributed by atoms with E-state index in [1.54, 1.807) is 18.5 Å². The molecule has 2 N–H and O–H groups in total. The third-order valence-corrected chi connectivity index (χ3v) is 4.47. The molecule has 2 aromatic heterocycles. The number of ether oxygens (including phenoxy) is 1. The van der Waals surface area contributed by atoms with E-state index < -0.39 is 0 Å². The molecule has 0 aromatic carbocycles. The van der Waals surface area contributed by atoms with Crippen LogP contribution in [0.15, 0.2) is 36.7 Å². The van der Waals surface area contributed by atoms with Gasteiger partial charge in [0.05, 0.1) is 31.1 Å². The summed E-state index contributed by atoms with van der Waals surface area (Å²) in [5.41, 5.74) is 0.949. The highest BCUT2D eigenvalue weighted by atomic mass is 16.5. The Hall–Kier alpha value is -2.45. The first-order chi connectivity index (χ1) is 13.1. The molecule has 1 aliphatic heterocycles. The number of morpholine rings is 1. The molecule has 0 unspecified atom stereocenters. The van der Waals surface area contributed by atoms with Gasteiger partial charge in [0.1, 0.15) is 5.82 Å². The fraction of sp³-hybridized carbons (Fsp3) is 0.526. The average Bonchev–Trinajstić information content (AvgIpc) is 3.09. The third-order valence-electron chi connectivity index (χ3n) is 4.47. The Labute approximate surface area is 159 Å². The number of nitrogens with one attached hydrogen (secondary N) is 2. The highest BCUT2D eigenvalue weighted by Gasteiger charge is 2.24. The van der Waals surface area contributed by atoms with Crippen LogP contribution in [0, 0.1) is 5.92 Å². The molecule has 8 heteroatoms. The van der Waals surface area contributed by atoms with Crippen LogP contribution in [0.1, 0.15) is 25.6 Å². The van der Waals surface area contributed by atoms with Gasteiger partial charge >= 0.3 is 6.03 Å². The zero-order valence-corrected chi connectivity index (χ0v) is 16.0. The van der Waals surface area contributed by atoms with Crippen molar-refractivity contribution in [1.29, 1.82) is 0 Å². The summed E-state index contributed by atoms with van der Waals surface area (Å²) in [7, 11) is 0. The number of hydrogen-bond donors (Lipinski definition) is 2. The Bertz CT molecular complexity index is 712. The maximum atomic E-state index is 12.4. The van der Waals surface area contributed by atoms with Crippen LogP contribution in [0.5, 0.6) is 0 Å². The molecule has 0 spiro atoms. The van der Waals surface area contributed by atoms with Crippen molar-refractivity contribution in [2.75, 3.05) is 38.2 Å². The van der Waals surface area contributed by atoms with Gasteiger partial charge in [0.15, 0.2) is 0 Å². The lowest BCUT2D eigenvalue weighted by Crippen LogP contribution is -2.44. The largest absolute Gasteiger partial charge is 0.379 e. The minimum absolute atomic E-state index is 0.0152. The fourth-order valence-corrected chi connectivity index (χ4v) is 3.16. The highest BCUT2D eigenvalue weighted by molar-refractivity contribution is 5.88. The Kier molecular flexibility index (Phi) is 6.78. The van der Waals surface area contributed by atoms with Gasteiger partial charge in [-0.2, -0.15) is 5.10 Å².